The number of carbonyl (C=O) groups is 2. The van der Waals surface area contributed by atoms with Gasteiger partial charge in [-0.15, -0.1) is 0 Å². The van der Waals surface area contributed by atoms with E-state index in [1.165, 1.54) is 19.2 Å². The molecule has 2 atom stereocenters. The third-order valence-electron chi connectivity index (χ3n) is 5.18. The van der Waals surface area contributed by atoms with E-state index in [2.05, 4.69) is 5.32 Å². The number of rotatable bonds is 7. The van der Waals surface area contributed by atoms with Crippen LogP contribution in [0.3, 0.4) is 0 Å². The molecule has 1 amide bonds. The second-order valence-corrected chi connectivity index (χ2v) is 9.14. The van der Waals surface area contributed by atoms with Crippen LogP contribution < -0.4 is 5.32 Å². The molecule has 3 rings (SSSR count). The van der Waals surface area contributed by atoms with E-state index in [0.29, 0.717) is 13.0 Å². The third kappa shape index (κ3) is 4.71. The highest BCUT2D eigenvalue weighted by atomic mass is 32.2. The fraction of sp³-hybridized carbons (Fsp3) is 0.364. The summed E-state index contributed by atoms with van der Waals surface area (Å²) in [5, 5.41) is 3.04. The number of methoxy groups -OCH3 is 1. The first kappa shape index (κ1) is 22.0. The minimum atomic E-state index is -4.29. The van der Waals surface area contributed by atoms with Gasteiger partial charge in [-0.1, -0.05) is 48.0 Å². The molecule has 1 fully saturated rings. The molecule has 8 heteroatoms. The van der Waals surface area contributed by atoms with Crippen molar-refractivity contribution in [2.75, 3.05) is 13.7 Å². The summed E-state index contributed by atoms with van der Waals surface area (Å²) in [7, 11) is -3.10. The van der Waals surface area contributed by atoms with Crippen molar-refractivity contribution in [3.63, 3.8) is 0 Å². The maximum absolute atomic E-state index is 13.6. The lowest BCUT2D eigenvalue weighted by Gasteiger charge is -2.31. The first-order chi connectivity index (χ1) is 14.3. The summed E-state index contributed by atoms with van der Waals surface area (Å²) in [6.07, 6.45) is 1.30. The molecule has 1 aliphatic heterocycles. The van der Waals surface area contributed by atoms with Gasteiger partial charge in [0.25, 0.3) is 15.9 Å². The van der Waals surface area contributed by atoms with Gasteiger partial charge in [-0.25, -0.2) is 17.5 Å². The van der Waals surface area contributed by atoms with Gasteiger partial charge in [0.15, 0.2) is 0 Å². The first-order valence-corrected chi connectivity index (χ1v) is 11.3. The Morgan fingerprint density at radius 3 is 2.37 bits per heavy atom. The van der Waals surface area contributed by atoms with Crippen molar-refractivity contribution in [2.45, 2.75) is 43.2 Å². The van der Waals surface area contributed by atoms with Gasteiger partial charge in [0.2, 0.25) is 0 Å². The predicted molar refractivity (Wildman–Crippen MR) is 112 cm³/mol. The first-order valence-electron chi connectivity index (χ1n) is 9.84. The van der Waals surface area contributed by atoms with E-state index in [1.807, 2.05) is 13.0 Å². The summed E-state index contributed by atoms with van der Waals surface area (Å²) >= 11 is 0. The predicted octanol–water partition coefficient (Wildman–Crippen LogP) is 2.05. The second kappa shape index (κ2) is 9.40. The minimum absolute atomic E-state index is 0.0249. The molecule has 0 saturated carbocycles. The quantitative estimate of drug-likeness (QED) is 0.676. The average molecular weight is 431 g/mol. The van der Waals surface area contributed by atoms with E-state index < -0.39 is 34.0 Å². The molecular weight excluding hydrogens is 404 g/mol. The molecule has 2 aromatic carbocycles. The molecule has 1 heterocycles. The van der Waals surface area contributed by atoms with Crippen molar-refractivity contribution in [3.05, 3.63) is 65.7 Å². The maximum Gasteiger partial charge on any atom is 0.330 e. The monoisotopic (exact) mass is 430 g/mol. The number of amides is 1. The Bertz CT molecular complexity index is 984. The number of sulfonamides is 1. The van der Waals surface area contributed by atoms with Gasteiger partial charge in [0.1, 0.15) is 6.04 Å². The minimum Gasteiger partial charge on any atom is -0.467 e. The van der Waals surface area contributed by atoms with Crippen molar-refractivity contribution < 1.29 is 22.7 Å². The molecule has 0 unspecified atom stereocenters. The Morgan fingerprint density at radius 1 is 1.13 bits per heavy atom. The van der Waals surface area contributed by atoms with Crippen molar-refractivity contribution in [1.82, 2.24) is 9.62 Å². The van der Waals surface area contributed by atoms with Crippen LogP contribution in [0.25, 0.3) is 0 Å². The largest absolute Gasteiger partial charge is 0.467 e. The lowest BCUT2D eigenvalue weighted by molar-refractivity contribution is -0.149. The summed E-state index contributed by atoms with van der Waals surface area (Å²) < 4.78 is 32.8. The topological polar surface area (TPSA) is 92.8 Å². The normalized spacial score (nSPS) is 17.3. The molecule has 1 aliphatic rings. The molecule has 2 aromatic rings. The Balaban J connectivity index is 2.08. The van der Waals surface area contributed by atoms with Gasteiger partial charge in [-0.3, -0.25) is 4.79 Å². The molecule has 1 N–H and O–H groups in total. The van der Waals surface area contributed by atoms with Crippen LogP contribution in [0.1, 0.15) is 24.0 Å². The van der Waals surface area contributed by atoms with E-state index in [9.17, 15) is 18.0 Å². The lowest BCUT2D eigenvalue weighted by atomic mass is 10.1. The van der Waals surface area contributed by atoms with Crippen LogP contribution in [0.2, 0.25) is 0 Å². The van der Waals surface area contributed by atoms with Gasteiger partial charge < -0.3 is 10.1 Å². The average Bonchev–Trinajstić information content (AvgIpc) is 3.28. The van der Waals surface area contributed by atoms with Crippen LogP contribution >= 0.6 is 0 Å². The Kier molecular flexibility index (Phi) is 6.89. The summed E-state index contributed by atoms with van der Waals surface area (Å²) in [6.45, 7) is 2.46. The highest BCUT2D eigenvalue weighted by Gasteiger charge is 2.43. The number of carbonyl (C=O) groups excluding carboxylic acids is 2. The number of hydrogen-bond donors (Lipinski definition) is 1. The number of nitrogens with zero attached hydrogens (tertiary/aromatic N) is 1. The number of esters is 1. The fourth-order valence-electron chi connectivity index (χ4n) is 3.55. The molecule has 0 radical (unpaired) electrons. The van der Waals surface area contributed by atoms with E-state index in [-0.39, 0.29) is 11.3 Å². The molecule has 0 aromatic heterocycles. The smallest absolute Gasteiger partial charge is 0.330 e. The second-order valence-electron chi connectivity index (χ2n) is 7.33. The van der Waals surface area contributed by atoms with Crippen molar-refractivity contribution in [3.8, 4) is 0 Å². The Morgan fingerprint density at radius 2 is 1.80 bits per heavy atom. The molecule has 7 nitrogen and oxygen atoms in total. The molecule has 0 bridgehead atoms. The Labute approximate surface area is 177 Å². The van der Waals surface area contributed by atoms with Crippen LogP contribution in [0.4, 0.5) is 0 Å². The van der Waals surface area contributed by atoms with Crippen LogP contribution in [-0.4, -0.2) is 50.3 Å². The maximum atomic E-state index is 13.6. The molecule has 0 spiro atoms. The number of hydrogen-bond acceptors (Lipinski definition) is 6. The van der Waals surface area contributed by atoms with E-state index in [4.69, 9.17) is 4.74 Å². The third-order valence-corrected chi connectivity index (χ3v) is 7.00. The van der Waals surface area contributed by atoms with Crippen LogP contribution in [0.15, 0.2) is 59.5 Å². The number of nitrogens with one attached hydrogen (secondary N) is 1. The molecule has 1 saturated heterocycles. The fourth-order valence-corrected chi connectivity index (χ4v) is 5.11. The highest BCUT2D eigenvalue weighted by Crippen LogP contribution is 2.24. The highest BCUT2D eigenvalue weighted by molar-refractivity contribution is 7.89. The van der Waals surface area contributed by atoms with Crippen molar-refractivity contribution >= 4 is 21.9 Å². The number of ether oxygens (including phenoxy) is 1. The van der Waals surface area contributed by atoms with Gasteiger partial charge in [-0.2, -0.15) is 0 Å². The number of benzene rings is 2. The zero-order valence-corrected chi connectivity index (χ0v) is 17.9. The Hall–Kier alpha value is -2.71. The summed E-state index contributed by atoms with van der Waals surface area (Å²) in [5.74, 6) is -1.42. The zero-order valence-electron chi connectivity index (χ0n) is 17.1. The number of aryl methyl sites for hydroxylation is 1. The van der Waals surface area contributed by atoms with Gasteiger partial charge in [0, 0.05) is 6.42 Å². The van der Waals surface area contributed by atoms with Crippen LogP contribution in [0.5, 0.6) is 0 Å². The summed E-state index contributed by atoms with van der Waals surface area (Å²) in [6, 6.07) is 13.2. The van der Waals surface area contributed by atoms with E-state index in [0.717, 1.165) is 21.9 Å². The van der Waals surface area contributed by atoms with E-state index in [1.54, 1.807) is 36.4 Å². The summed E-state index contributed by atoms with van der Waals surface area (Å²) in [4.78, 5) is 26.0. The molecule has 30 heavy (non-hydrogen) atoms. The summed E-state index contributed by atoms with van der Waals surface area (Å²) in [5.41, 5.74) is 1.61. The zero-order chi connectivity index (χ0) is 21.7. The van der Waals surface area contributed by atoms with E-state index >= 15 is 0 Å². The molecular formula is C22H26N2O5S. The van der Waals surface area contributed by atoms with Crippen LogP contribution in [-0.2, 0) is 30.8 Å². The van der Waals surface area contributed by atoms with Gasteiger partial charge in [-0.05, 0) is 44.0 Å². The van der Waals surface area contributed by atoms with Crippen LogP contribution in [0, 0.1) is 6.92 Å². The van der Waals surface area contributed by atoms with Gasteiger partial charge in [0.05, 0.1) is 18.0 Å². The lowest BCUT2D eigenvalue weighted by Crippen LogP contribution is -2.55. The van der Waals surface area contributed by atoms with Crippen molar-refractivity contribution in [1.29, 1.82) is 0 Å². The molecule has 0 aliphatic carbocycles. The van der Waals surface area contributed by atoms with Gasteiger partial charge >= 0.3 is 5.97 Å². The SMILES string of the molecule is COC(=O)[C@@H](Cc1ccccc1)N(C(=O)[C@@H]1CCCN1)S(=O)(=O)c1ccc(C)cc1. The molecule has 160 valence electrons. The standard InChI is InChI=1S/C22H26N2O5S/c1-16-10-12-18(13-11-16)30(27,28)24(21(25)19-9-6-14-23-19)20(22(26)29-2)15-17-7-4-3-5-8-17/h3-5,7-8,10-13,19-20,23H,6,9,14-15H2,1-2H3/t19-,20+/m0/s1. The van der Waals surface area contributed by atoms with Crippen molar-refractivity contribution in [2.24, 2.45) is 0 Å².